The summed E-state index contributed by atoms with van der Waals surface area (Å²) in [6, 6.07) is 0. The highest BCUT2D eigenvalue weighted by Gasteiger charge is 2.31. The Bertz CT molecular complexity index is 697. The maximum atomic E-state index is 13.4. The van der Waals surface area contributed by atoms with Crippen molar-refractivity contribution < 1.29 is 8.78 Å². The van der Waals surface area contributed by atoms with Crippen molar-refractivity contribution >= 4 is 39.0 Å². The molecule has 2 aromatic heterocycles. The van der Waals surface area contributed by atoms with E-state index in [1.165, 1.54) is 23.1 Å². The maximum absolute atomic E-state index is 13.4. The van der Waals surface area contributed by atoms with Crippen LogP contribution in [-0.4, -0.2) is 15.0 Å². The zero-order valence-corrected chi connectivity index (χ0v) is 14.5. The van der Waals surface area contributed by atoms with Crippen molar-refractivity contribution in [3.63, 3.8) is 0 Å². The number of aromatic nitrogens is 3. The number of hydrogen-bond acceptors (Lipinski definition) is 5. The maximum Gasteiger partial charge on any atom is 0.288 e. The lowest BCUT2D eigenvalue weighted by Crippen LogP contribution is -2.20. The normalized spacial score (nSPS) is 11.9. The van der Waals surface area contributed by atoms with E-state index in [1.54, 1.807) is 5.51 Å². The Labute approximate surface area is 136 Å². The fourth-order valence-electron chi connectivity index (χ4n) is 1.63. The number of aromatic amines is 1. The van der Waals surface area contributed by atoms with Crippen molar-refractivity contribution in [1.29, 1.82) is 0 Å². The third-order valence-corrected chi connectivity index (χ3v) is 5.35. The largest absolute Gasteiger partial charge is 0.300 e. The molecule has 2 rings (SSSR count). The van der Waals surface area contributed by atoms with Gasteiger partial charge in [-0.2, -0.15) is 8.78 Å². The second-order valence-corrected chi connectivity index (χ2v) is 6.98. The van der Waals surface area contributed by atoms with Gasteiger partial charge in [0.1, 0.15) is 10.2 Å². The van der Waals surface area contributed by atoms with Crippen LogP contribution in [0.1, 0.15) is 30.1 Å². The van der Waals surface area contributed by atoms with Gasteiger partial charge in [-0.3, -0.25) is 4.79 Å². The lowest BCUT2D eigenvalue weighted by Gasteiger charge is -2.12. The molecule has 4 nitrogen and oxygen atoms in total. The first-order valence-corrected chi connectivity index (χ1v) is 8.71. The van der Waals surface area contributed by atoms with E-state index in [0.29, 0.717) is 12.7 Å². The standard InChI is InChI=1S/C12H12BrF2N3OS2/c1-3-6-7(21-5-16-6)4-20-11-17-9(12(2,14)15)8(13)10(19)18-11/h5H,3-4H2,1-2H3,(H,17,18,19). The van der Waals surface area contributed by atoms with Crippen molar-refractivity contribution in [2.75, 3.05) is 0 Å². The van der Waals surface area contributed by atoms with Crippen LogP contribution in [0.2, 0.25) is 0 Å². The fraction of sp³-hybridized carbons (Fsp3) is 0.417. The number of halogens is 3. The molecule has 0 unspecified atom stereocenters. The number of nitrogens with zero attached hydrogens (tertiary/aromatic N) is 2. The number of H-pyrrole nitrogens is 1. The summed E-state index contributed by atoms with van der Waals surface area (Å²) < 4.78 is 26.7. The van der Waals surface area contributed by atoms with E-state index >= 15 is 0 Å². The third-order valence-electron chi connectivity index (χ3n) is 2.66. The number of thiazole rings is 1. The van der Waals surface area contributed by atoms with Gasteiger partial charge in [0, 0.05) is 17.6 Å². The Morgan fingerprint density at radius 1 is 1.52 bits per heavy atom. The molecule has 0 bridgehead atoms. The summed E-state index contributed by atoms with van der Waals surface area (Å²) in [5, 5.41) is 0.176. The zero-order chi connectivity index (χ0) is 15.6. The number of alkyl halides is 2. The van der Waals surface area contributed by atoms with Gasteiger partial charge in [0.15, 0.2) is 5.16 Å². The number of hydrogen-bond donors (Lipinski definition) is 1. The Balaban J connectivity index is 2.25. The monoisotopic (exact) mass is 395 g/mol. The highest BCUT2D eigenvalue weighted by molar-refractivity contribution is 9.10. The van der Waals surface area contributed by atoms with Crippen LogP contribution >= 0.6 is 39.0 Å². The van der Waals surface area contributed by atoms with Crippen LogP contribution < -0.4 is 5.56 Å². The van der Waals surface area contributed by atoms with E-state index in [2.05, 4.69) is 30.9 Å². The average Bonchev–Trinajstić information content (AvgIpc) is 2.86. The molecule has 21 heavy (non-hydrogen) atoms. The SMILES string of the molecule is CCc1ncsc1CSc1nc(C(C)(F)F)c(Br)c(=O)[nH]1. The molecular formula is C12H12BrF2N3OS2. The Kier molecular flexibility index (Phi) is 5.15. The number of thioether (sulfide) groups is 1. The van der Waals surface area contributed by atoms with Gasteiger partial charge in [-0.15, -0.1) is 11.3 Å². The first-order chi connectivity index (χ1) is 9.82. The molecule has 0 atom stereocenters. The van der Waals surface area contributed by atoms with Crippen LogP contribution in [0.4, 0.5) is 8.78 Å². The van der Waals surface area contributed by atoms with Crippen LogP contribution in [-0.2, 0) is 18.1 Å². The summed E-state index contributed by atoms with van der Waals surface area (Å²) in [4.78, 5) is 23.3. The van der Waals surface area contributed by atoms with Gasteiger partial charge in [0.2, 0.25) is 0 Å². The molecule has 2 aromatic rings. The Morgan fingerprint density at radius 3 is 2.86 bits per heavy atom. The third kappa shape index (κ3) is 3.89. The summed E-state index contributed by atoms with van der Waals surface area (Å²) in [5.41, 5.74) is 1.57. The van der Waals surface area contributed by atoms with Gasteiger partial charge in [-0.1, -0.05) is 18.7 Å². The molecule has 114 valence electrons. The van der Waals surface area contributed by atoms with Gasteiger partial charge in [0.25, 0.3) is 11.5 Å². The molecule has 0 aliphatic rings. The number of aryl methyl sites for hydroxylation is 1. The van der Waals surface area contributed by atoms with Gasteiger partial charge in [0.05, 0.1) is 11.2 Å². The Hall–Kier alpha value is -0.800. The average molecular weight is 396 g/mol. The second-order valence-electron chi connectivity index (χ2n) is 4.29. The van der Waals surface area contributed by atoms with Crippen molar-refractivity contribution in [3.8, 4) is 0 Å². The first-order valence-electron chi connectivity index (χ1n) is 6.05. The lowest BCUT2D eigenvalue weighted by molar-refractivity contribution is 0.0109. The van der Waals surface area contributed by atoms with E-state index in [1.807, 2.05) is 6.92 Å². The minimum Gasteiger partial charge on any atom is -0.300 e. The second kappa shape index (κ2) is 6.53. The summed E-state index contributed by atoms with van der Waals surface area (Å²) in [5.74, 6) is -2.64. The molecule has 0 spiro atoms. The molecule has 0 saturated carbocycles. The predicted molar refractivity (Wildman–Crippen MR) is 83.2 cm³/mol. The lowest BCUT2D eigenvalue weighted by atomic mass is 10.2. The zero-order valence-electron chi connectivity index (χ0n) is 11.2. The van der Waals surface area contributed by atoms with Crippen LogP contribution in [0.5, 0.6) is 0 Å². The fourth-order valence-corrected chi connectivity index (χ4v) is 4.01. The van der Waals surface area contributed by atoms with Crippen molar-refractivity contribution in [3.05, 3.63) is 36.6 Å². The van der Waals surface area contributed by atoms with E-state index in [4.69, 9.17) is 0 Å². The van der Waals surface area contributed by atoms with E-state index < -0.39 is 17.2 Å². The molecular weight excluding hydrogens is 384 g/mol. The molecule has 0 aliphatic heterocycles. The van der Waals surface area contributed by atoms with Crippen LogP contribution in [0.3, 0.4) is 0 Å². The summed E-state index contributed by atoms with van der Waals surface area (Å²) in [6.45, 7) is 2.71. The van der Waals surface area contributed by atoms with E-state index in [-0.39, 0.29) is 9.63 Å². The first kappa shape index (κ1) is 16.6. The minimum absolute atomic E-state index is 0.176. The van der Waals surface area contributed by atoms with Crippen LogP contribution in [0.15, 0.2) is 19.9 Å². The highest BCUT2D eigenvalue weighted by Crippen LogP contribution is 2.31. The Morgan fingerprint density at radius 2 is 2.24 bits per heavy atom. The minimum atomic E-state index is -3.18. The number of rotatable bonds is 5. The molecule has 0 radical (unpaired) electrons. The predicted octanol–water partition coefficient (Wildman–Crippen LogP) is 3.96. The molecule has 0 fully saturated rings. The molecule has 2 heterocycles. The molecule has 9 heteroatoms. The molecule has 0 aromatic carbocycles. The van der Waals surface area contributed by atoms with Crippen molar-refractivity contribution in [2.45, 2.75) is 37.1 Å². The van der Waals surface area contributed by atoms with Crippen molar-refractivity contribution in [2.24, 2.45) is 0 Å². The highest BCUT2D eigenvalue weighted by atomic mass is 79.9. The van der Waals surface area contributed by atoms with E-state index in [9.17, 15) is 13.6 Å². The molecule has 0 aliphatic carbocycles. The van der Waals surface area contributed by atoms with Gasteiger partial charge >= 0.3 is 0 Å². The topological polar surface area (TPSA) is 58.6 Å². The van der Waals surface area contributed by atoms with Crippen LogP contribution in [0, 0.1) is 0 Å². The molecule has 1 N–H and O–H groups in total. The van der Waals surface area contributed by atoms with Gasteiger partial charge < -0.3 is 4.98 Å². The molecule has 0 saturated heterocycles. The van der Waals surface area contributed by atoms with Gasteiger partial charge in [-0.25, -0.2) is 9.97 Å². The number of nitrogens with one attached hydrogen (secondary N) is 1. The van der Waals surface area contributed by atoms with Gasteiger partial charge in [-0.05, 0) is 22.4 Å². The van der Waals surface area contributed by atoms with Crippen molar-refractivity contribution in [1.82, 2.24) is 15.0 Å². The summed E-state index contributed by atoms with van der Waals surface area (Å²) >= 11 is 5.57. The summed E-state index contributed by atoms with van der Waals surface area (Å²) in [7, 11) is 0. The van der Waals surface area contributed by atoms with E-state index in [0.717, 1.165) is 17.0 Å². The quantitative estimate of drug-likeness (QED) is 0.614. The van der Waals surface area contributed by atoms with Crippen LogP contribution in [0.25, 0.3) is 0 Å². The summed E-state index contributed by atoms with van der Waals surface area (Å²) in [6.07, 6.45) is 0.808. The molecule has 0 amide bonds. The smallest absolute Gasteiger partial charge is 0.288 e.